The van der Waals surface area contributed by atoms with E-state index in [1.165, 1.54) is 54.3 Å². The summed E-state index contributed by atoms with van der Waals surface area (Å²) in [7, 11) is 3.29. The zero-order valence-electron chi connectivity index (χ0n) is 76.0. The number of carbonyl (C=O) groups excluding carboxylic acids is 4. The van der Waals surface area contributed by atoms with Crippen LogP contribution in [0.15, 0.2) is 321 Å². The number of Topliss-reactive ketones (excluding diaryl/α,β-unsaturated/α-hetero) is 1. The van der Waals surface area contributed by atoms with Crippen LogP contribution in [0.2, 0.25) is 10.0 Å². The minimum Gasteiger partial charge on any atom is -0.508 e. The average molecular weight is 1830 g/mol. The van der Waals surface area contributed by atoms with E-state index in [-0.39, 0.29) is 86.6 Å². The molecule has 25 nitrogen and oxygen atoms in total. The monoisotopic (exact) mass is 1830 g/mol. The van der Waals surface area contributed by atoms with E-state index in [0.29, 0.717) is 134 Å². The van der Waals surface area contributed by atoms with Gasteiger partial charge in [-0.2, -0.15) is 0 Å². The van der Waals surface area contributed by atoms with E-state index in [4.69, 9.17) is 43.8 Å². The smallest absolute Gasteiger partial charge is 0.226 e. The molecule has 0 unspecified atom stereocenters. The van der Waals surface area contributed by atoms with E-state index in [1.54, 1.807) is 136 Å². The van der Waals surface area contributed by atoms with Gasteiger partial charge in [0.25, 0.3) is 0 Å². The number of nitrogen functional groups attached to an aromatic ring is 1. The summed E-state index contributed by atoms with van der Waals surface area (Å²) in [4.78, 5) is 74.9. The standard InChI is InChI=1S/C41H55N5O2.C25H20N2O4.C21H20ClN3O3.C19H16ClN3O3/c1-11-44(28(4)5)35-20-14-31(15-21-35)26-32-27-38(42-33-16-22-36(23-17-33)45(12-2)29(6)7)39(41(48-10)40(32)47)43-34-18-24-37(25-19-34)46(13-3)30(8)9;28-20-7-1-16(2-8-20)13-17-14-25(31)24(27-19-5-11-22(30)12-6-19)15-23(17)26-18-3-9-21(29)10-4-18;22-17-11-16(5-6-20(17)27)25-19-10-14(9-13-1-3-15(23)4-2-13)21(28)12-18(19)24-7-8-26;1-21-15-10-19(26)17(22-11-2-5-13(24)6-3-11)9-16(15)23-12-4-7-18(25)14(20)8-12/h14-25,27-30,43H,11-13,26H2,1-10H3;1-12,14-15,27-28,30-31H,13H2;1-6,10-12,24,26-27H,7-9,23H2;2-10,21,23,25-26H,1H3. The molecule has 10 aromatic rings. The summed E-state index contributed by atoms with van der Waals surface area (Å²) in [5.74, 6) is 0.140. The van der Waals surface area contributed by atoms with Crippen molar-refractivity contribution in [3.63, 3.8) is 0 Å². The molecule has 0 heterocycles. The molecule has 0 aromatic heterocycles. The van der Waals surface area contributed by atoms with Crippen molar-refractivity contribution in [1.29, 1.82) is 0 Å². The van der Waals surface area contributed by atoms with E-state index in [0.717, 1.165) is 64.6 Å². The molecule has 0 aliphatic heterocycles. The highest BCUT2D eigenvalue weighted by atomic mass is 35.5. The molecule has 27 heteroatoms. The Balaban J connectivity index is 0.000000176. The van der Waals surface area contributed by atoms with Crippen molar-refractivity contribution in [2.45, 2.75) is 99.7 Å². The van der Waals surface area contributed by atoms with Crippen LogP contribution in [0, 0.1) is 0 Å². The van der Waals surface area contributed by atoms with Crippen LogP contribution in [0.25, 0.3) is 0 Å². The number of benzene rings is 10. The molecule has 14 rings (SSSR count). The first kappa shape index (κ1) is 98.4. The summed E-state index contributed by atoms with van der Waals surface area (Å²) in [5, 5.41) is 84.3. The van der Waals surface area contributed by atoms with Crippen molar-refractivity contribution < 1.29 is 59.7 Å². The number of nitrogens with two attached hydrogens (primary N) is 1. The highest BCUT2D eigenvalue weighted by Gasteiger charge is 2.30. The number of nitrogens with zero attached hydrogens (tertiary/aromatic N) is 7. The fraction of sp³-hybridized carbons (Fsp3) is 0.208. The minimum absolute atomic E-state index is 0.00478. The highest BCUT2D eigenvalue weighted by Crippen LogP contribution is 2.41. The number of halogens is 2. The van der Waals surface area contributed by atoms with Gasteiger partial charge >= 0.3 is 0 Å². The molecule has 0 saturated carbocycles. The van der Waals surface area contributed by atoms with Crippen molar-refractivity contribution >= 4 is 149 Å². The molecule has 0 fully saturated rings. The Kier molecular flexibility index (Phi) is 34.7. The third kappa shape index (κ3) is 27.5. The summed E-state index contributed by atoms with van der Waals surface area (Å²) in [6.45, 7) is 22.7. The van der Waals surface area contributed by atoms with Gasteiger partial charge in [-0.15, -0.1) is 0 Å². The highest BCUT2D eigenvalue weighted by molar-refractivity contribution is 6.33. The third-order valence-corrected chi connectivity index (χ3v) is 22.2. The Labute approximate surface area is 785 Å². The van der Waals surface area contributed by atoms with Crippen LogP contribution in [-0.2, 0) is 43.2 Å². The van der Waals surface area contributed by atoms with Crippen molar-refractivity contribution in [2.24, 2.45) is 20.0 Å². The van der Waals surface area contributed by atoms with Gasteiger partial charge in [-0.05, 0) is 316 Å². The molecule has 0 saturated heterocycles. The van der Waals surface area contributed by atoms with Crippen molar-refractivity contribution in [2.75, 3.05) is 88.6 Å². The summed E-state index contributed by atoms with van der Waals surface area (Å²) in [5.41, 5.74) is 24.6. The molecular formula is C106H111Cl2N13O12. The van der Waals surface area contributed by atoms with E-state index >= 15 is 0 Å². The van der Waals surface area contributed by atoms with Gasteiger partial charge in [-0.1, -0.05) is 59.6 Å². The number of aromatic hydroxyl groups is 6. The number of allylic oxidation sites excluding steroid dienone is 13. The maximum absolute atomic E-state index is 14.0. The van der Waals surface area contributed by atoms with Gasteiger partial charge in [0.05, 0.1) is 86.4 Å². The fourth-order valence-corrected chi connectivity index (χ4v) is 15.1. The quantitative estimate of drug-likeness (QED) is 0.00860. The molecule has 0 atom stereocenters. The number of methoxy groups -OCH3 is 1. The topological polar surface area (TPSA) is 364 Å². The van der Waals surface area contributed by atoms with E-state index < -0.39 is 0 Å². The second-order valence-corrected chi connectivity index (χ2v) is 32.8. The average Bonchev–Trinajstić information content (AvgIpc) is 0.780. The summed E-state index contributed by atoms with van der Waals surface area (Å²) < 4.78 is 5.84. The molecule has 10 aromatic carbocycles. The van der Waals surface area contributed by atoms with Crippen LogP contribution in [0.5, 0.6) is 34.5 Å². The van der Waals surface area contributed by atoms with Gasteiger partial charge in [0.15, 0.2) is 23.1 Å². The first-order valence-corrected chi connectivity index (χ1v) is 44.3. The van der Waals surface area contributed by atoms with Crippen molar-refractivity contribution in [3.05, 3.63) is 334 Å². The number of aliphatic imine (C=N–C) groups is 4. The number of phenols is 6. The number of hydrogen-bond donors (Lipinski definition) is 13. The Bertz CT molecular complexity index is 6220. The van der Waals surface area contributed by atoms with Gasteiger partial charge in [0.1, 0.15) is 45.9 Å². The van der Waals surface area contributed by atoms with Gasteiger partial charge in [0, 0.05) is 127 Å². The van der Waals surface area contributed by atoms with Gasteiger partial charge < -0.3 is 87.5 Å². The summed E-state index contributed by atoms with van der Waals surface area (Å²) in [6, 6.07) is 63.0. The second kappa shape index (κ2) is 46.9. The largest absolute Gasteiger partial charge is 0.508 e. The molecule has 0 radical (unpaired) electrons. The number of carbonyl (C=O) groups is 4. The predicted octanol–water partition coefficient (Wildman–Crippen LogP) is 21.3. The van der Waals surface area contributed by atoms with Crippen LogP contribution in [0.4, 0.5) is 79.6 Å². The van der Waals surface area contributed by atoms with Crippen LogP contribution < -0.4 is 47.0 Å². The van der Waals surface area contributed by atoms with Crippen LogP contribution in [-0.4, -0.2) is 147 Å². The number of nitrogens with one attached hydrogen (secondary N) is 5. The molecular weight excluding hydrogens is 1720 g/mol. The SMILES string of the molecule is CCN(c1ccc(CC2=CC(=Nc3ccc(N(CC)C(C)C)cc3)C(Nc3ccc(N(CC)C(C)C)cc3)=C(OC)C2=O)cc1)C(C)C.CNc1cc(O)c(N=C2C=CC(=O)C=C2)cc1Nc1ccc(O)c(Cl)c1.Nc1ccc(CC2=CC(=Nc3ccc(O)c(Cl)c3)C(NCCO)=CC2=O)cc1.O=C1C=CC(=Nc2cc(Nc3ccc(O)cc3)c(O)cc2Cc2ccc(O)cc2)C=C1. The summed E-state index contributed by atoms with van der Waals surface area (Å²) in [6.07, 6.45) is 18.7. The lowest BCUT2D eigenvalue weighted by atomic mass is 9.92. The molecule has 4 aliphatic rings. The summed E-state index contributed by atoms with van der Waals surface area (Å²) >= 11 is 11.9. The molecule has 686 valence electrons. The molecule has 0 bridgehead atoms. The van der Waals surface area contributed by atoms with Gasteiger partial charge in [-0.25, -0.2) is 20.0 Å². The van der Waals surface area contributed by atoms with Gasteiger partial charge in [-0.3, -0.25) is 19.2 Å². The number of hydrogen-bond acceptors (Lipinski definition) is 25. The number of aliphatic hydroxyl groups excluding tert-OH is 1. The van der Waals surface area contributed by atoms with Crippen LogP contribution >= 0.6 is 23.2 Å². The van der Waals surface area contributed by atoms with Crippen molar-refractivity contribution in [1.82, 2.24) is 5.32 Å². The first-order chi connectivity index (χ1) is 63.9. The van der Waals surface area contributed by atoms with E-state index in [2.05, 4.69) is 167 Å². The minimum atomic E-state index is -0.139. The Morgan fingerprint density at radius 2 is 0.872 bits per heavy atom. The lowest BCUT2D eigenvalue weighted by molar-refractivity contribution is -0.115. The van der Waals surface area contributed by atoms with E-state index in [9.17, 15) is 49.8 Å². The maximum atomic E-state index is 14.0. The molecule has 0 spiro atoms. The molecule has 14 N–H and O–H groups in total. The zero-order chi connectivity index (χ0) is 95.5. The lowest BCUT2D eigenvalue weighted by Gasteiger charge is -2.28. The Morgan fingerprint density at radius 1 is 0.429 bits per heavy atom. The van der Waals surface area contributed by atoms with Crippen molar-refractivity contribution in [3.8, 4) is 34.5 Å². The Hall–Kier alpha value is -15.2. The molecule has 4 aliphatic carbocycles. The van der Waals surface area contributed by atoms with Crippen LogP contribution in [0.3, 0.4) is 0 Å². The lowest BCUT2D eigenvalue weighted by Crippen LogP contribution is -2.30. The number of ether oxygens (including phenoxy) is 1. The maximum Gasteiger partial charge on any atom is 0.226 e. The van der Waals surface area contributed by atoms with Gasteiger partial charge in [0.2, 0.25) is 5.78 Å². The zero-order valence-corrected chi connectivity index (χ0v) is 77.5. The number of ketones is 4. The fourth-order valence-electron chi connectivity index (χ4n) is 14.8. The Morgan fingerprint density at radius 3 is 1.40 bits per heavy atom. The predicted molar refractivity (Wildman–Crippen MR) is 542 cm³/mol. The number of phenolic OH excluding ortho intramolecular Hbond substituents is 6. The number of aliphatic hydroxyl groups is 1. The number of rotatable bonds is 30. The molecule has 133 heavy (non-hydrogen) atoms. The van der Waals surface area contributed by atoms with E-state index in [1.807, 2.05) is 54.6 Å². The number of anilines is 10. The first-order valence-electron chi connectivity index (χ1n) is 43.6. The normalized spacial score (nSPS) is 13.9. The second-order valence-electron chi connectivity index (χ2n) is 32.0. The third-order valence-electron chi connectivity index (χ3n) is 21.6. The molecule has 0 amide bonds. The van der Waals surface area contributed by atoms with Crippen LogP contribution in [0.1, 0.15) is 84.6 Å².